The molecule has 0 saturated carbocycles. The van der Waals surface area contributed by atoms with Gasteiger partial charge in [0, 0.05) is 26.2 Å². The summed E-state index contributed by atoms with van der Waals surface area (Å²) in [6.45, 7) is 10.1. The van der Waals surface area contributed by atoms with Gasteiger partial charge in [-0.1, -0.05) is 48.6 Å². The summed E-state index contributed by atoms with van der Waals surface area (Å²) in [5, 5.41) is 26.6. The fraction of sp³-hybridized carbons (Fsp3) is 0.385. The number of ether oxygens (including phenoxy) is 2. The lowest BCUT2D eigenvalue weighted by atomic mass is 10.1. The molecule has 4 N–H and O–H groups in total. The Labute approximate surface area is 191 Å². The van der Waals surface area contributed by atoms with Crippen molar-refractivity contribution < 1.29 is 19.7 Å². The van der Waals surface area contributed by atoms with Gasteiger partial charge in [-0.15, -0.1) is 13.2 Å². The summed E-state index contributed by atoms with van der Waals surface area (Å²) in [7, 11) is 0. The second-order valence-corrected chi connectivity index (χ2v) is 7.54. The molecular weight excluding hydrogens is 404 g/mol. The van der Waals surface area contributed by atoms with Crippen LogP contribution in [0.2, 0.25) is 0 Å². The van der Waals surface area contributed by atoms with Gasteiger partial charge < -0.3 is 30.3 Å². The molecule has 0 heterocycles. The van der Waals surface area contributed by atoms with Crippen LogP contribution in [0.5, 0.6) is 11.5 Å². The second-order valence-electron chi connectivity index (χ2n) is 7.54. The molecule has 0 radical (unpaired) electrons. The summed E-state index contributed by atoms with van der Waals surface area (Å²) in [5.41, 5.74) is 2.11. The van der Waals surface area contributed by atoms with Crippen LogP contribution in [0.3, 0.4) is 0 Å². The zero-order chi connectivity index (χ0) is 23.0. The van der Waals surface area contributed by atoms with Crippen molar-refractivity contribution in [1.29, 1.82) is 0 Å². The van der Waals surface area contributed by atoms with Crippen LogP contribution in [-0.4, -0.2) is 61.8 Å². The van der Waals surface area contributed by atoms with Gasteiger partial charge in [-0.2, -0.15) is 0 Å². The highest BCUT2D eigenvalue weighted by Gasteiger charge is 2.09. The molecule has 0 aliphatic rings. The molecule has 2 aromatic carbocycles. The van der Waals surface area contributed by atoms with Gasteiger partial charge in [0.15, 0.2) is 0 Å². The molecule has 0 aromatic heterocycles. The minimum Gasteiger partial charge on any atom is -0.491 e. The molecule has 0 amide bonds. The van der Waals surface area contributed by atoms with Crippen molar-refractivity contribution in [1.82, 2.24) is 10.6 Å². The molecule has 0 aliphatic heterocycles. The number of aliphatic hydroxyl groups is 2. The molecule has 0 fully saturated rings. The fourth-order valence-electron chi connectivity index (χ4n) is 3.14. The maximum atomic E-state index is 10.1. The van der Waals surface area contributed by atoms with Gasteiger partial charge in [-0.3, -0.25) is 0 Å². The lowest BCUT2D eigenvalue weighted by Crippen LogP contribution is -2.38. The third-order valence-electron chi connectivity index (χ3n) is 4.77. The topological polar surface area (TPSA) is 83.0 Å². The first-order valence-electron chi connectivity index (χ1n) is 11.0. The molecule has 6 heteroatoms. The smallest absolute Gasteiger partial charge is 0.122 e. The zero-order valence-electron chi connectivity index (χ0n) is 18.7. The van der Waals surface area contributed by atoms with Crippen LogP contribution in [0.15, 0.2) is 73.8 Å². The van der Waals surface area contributed by atoms with E-state index in [0.29, 0.717) is 26.2 Å². The summed E-state index contributed by atoms with van der Waals surface area (Å²) >= 11 is 0. The molecule has 32 heavy (non-hydrogen) atoms. The summed E-state index contributed by atoms with van der Waals surface area (Å²) in [6.07, 6.45) is 3.90. The number of nitrogens with one attached hydrogen (secondary N) is 2. The minimum atomic E-state index is -0.610. The van der Waals surface area contributed by atoms with Gasteiger partial charge in [0.2, 0.25) is 0 Å². The number of hydrogen-bond donors (Lipinski definition) is 4. The number of hydrogen-bond acceptors (Lipinski definition) is 6. The summed E-state index contributed by atoms with van der Waals surface area (Å²) < 4.78 is 11.5. The highest BCUT2D eigenvalue weighted by atomic mass is 16.5. The van der Waals surface area contributed by atoms with Gasteiger partial charge in [-0.25, -0.2) is 0 Å². The second kappa shape index (κ2) is 15.2. The Morgan fingerprint density at radius 2 is 1.12 bits per heavy atom. The van der Waals surface area contributed by atoms with Crippen molar-refractivity contribution in [3.63, 3.8) is 0 Å². The predicted octanol–water partition coefficient (Wildman–Crippen LogP) is 2.50. The molecule has 0 saturated heterocycles. The molecule has 6 nitrogen and oxygen atoms in total. The van der Waals surface area contributed by atoms with E-state index < -0.39 is 12.2 Å². The third kappa shape index (κ3) is 9.66. The Hall–Kier alpha value is -2.64. The number of benzene rings is 2. The molecule has 2 unspecified atom stereocenters. The van der Waals surface area contributed by atoms with Crippen LogP contribution in [0, 0.1) is 0 Å². The van der Waals surface area contributed by atoms with Gasteiger partial charge in [0.1, 0.15) is 36.9 Å². The van der Waals surface area contributed by atoms with E-state index in [4.69, 9.17) is 9.47 Å². The Bertz CT molecular complexity index is 744. The van der Waals surface area contributed by atoms with Crippen LogP contribution in [0.4, 0.5) is 0 Å². The fourth-order valence-corrected chi connectivity index (χ4v) is 3.14. The predicted molar refractivity (Wildman–Crippen MR) is 129 cm³/mol. The van der Waals surface area contributed by atoms with Gasteiger partial charge in [-0.05, 0) is 36.1 Å². The monoisotopic (exact) mass is 440 g/mol. The highest BCUT2D eigenvalue weighted by molar-refractivity contribution is 5.35. The van der Waals surface area contributed by atoms with Crippen LogP contribution in [-0.2, 0) is 12.8 Å². The van der Waals surface area contributed by atoms with Crippen LogP contribution in [0.1, 0.15) is 11.1 Å². The van der Waals surface area contributed by atoms with E-state index in [0.717, 1.165) is 35.5 Å². The van der Waals surface area contributed by atoms with Crippen LogP contribution < -0.4 is 20.1 Å². The first-order chi connectivity index (χ1) is 15.6. The average Bonchev–Trinajstić information content (AvgIpc) is 2.80. The molecule has 0 bridgehead atoms. The normalized spacial score (nSPS) is 12.7. The Morgan fingerprint density at radius 3 is 1.53 bits per heavy atom. The van der Waals surface area contributed by atoms with E-state index in [1.54, 1.807) is 0 Å². The maximum absolute atomic E-state index is 10.1. The summed E-state index contributed by atoms with van der Waals surface area (Å²) in [6, 6.07) is 15.5. The molecule has 2 atom stereocenters. The maximum Gasteiger partial charge on any atom is 0.122 e. The first kappa shape index (κ1) is 25.6. The van der Waals surface area contributed by atoms with E-state index >= 15 is 0 Å². The number of allylic oxidation sites excluding steroid dienone is 2. The highest BCUT2D eigenvalue weighted by Crippen LogP contribution is 2.19. The van der Waals surface area contributed by atoms with Gasteiger partial charge in [0.25, 0.3) is 0 Å². The number of aliphatic hydroxyl groups excluding tert-OH is 2. The number of rotatable bonds is 17. The van der Waals surface area contributed by atoms with Crippen molar-refractivity contribution in [2.45, 2.75) is 25.0 Å². The lowest BCUT2D eigenvalue weighted by Gasteiger charge is -2.16. The molecule has 2 aromatic rings. The van der Waals surface area contributed by atoms with Gasteiger partial charge in [0.05, 0.1) is 0 Å². The van der Waals surface area contributed by atoms with Crippen molar-refractivity contribution >= 4 is 0 Å². The van der Waals surface area contributed by atoms with E-state index in [9.17, 15) is 10.2 Å². The standard InChI is InChI=1S/C26H36N2O4/c1-3-9-21-11-5-7-13-25(21)31-19-23(29)17-27-15-16-28-18-24(30)20-32-26-14-8-6-12-22(26)10-4-2/h3-8,11-14,23-24,27-30H,1-2,9-10,15-20H2. The van der Waals surface area contributed by atoms with Crippen LogP contribution >= 0.6 is 0 Å². The van der Waals surface area contributed by atoms with E-state index in [1.165, 1.54) is 0 Å². The minimum absolute atomic E-state index is 0.220. The molecular formula is C26H36N2O4. The van der Waals surface area contributed by atoms with Crippen molar-refractivity contribution in [2.24, 2.45) is 0 Å². The third-order valence-corrected chi connectivity index (χ3v) is 4.77. The molecule has 0 aliphatic carbocycles. The molecule has 2 rings (SSSR count). The largest absolute Gasteiger partial charge is 0.491 e. The average molecular weight is 441 g/mol. The van der Waals surface area contributed by atoms with Crippen molar-refractivity contribution in [3.05, 3.63) is 85.0 Å². The molecule has 174 valence electrons. The zero-order valence-corrected chi connectivity index (χ0v) is 18.7. The lowest BCUT2D eigenvalue weighted by molar-refractivity contribution is 0.103. The van der Waals surface area contributed by atoms with Crippen molar-refractivity contribution in [3.8, 4) is 11.5 Å². The van der Waals surface area contributed by atoms with E-state index in [2.05, 4.69) is 23.8 Å². The number of para-hydroxylation sites is 2. The Kier molecular flexibility index (Phi) is 12.2. The quantitative estimate of drug-likeness (QED) is 0.224. The van der Waals surface area contributed by atoms with Crippen molar-refractivity contribution in [2.75, 3.05) is 39.4 Å². The van der Waals surface area contributed by atoms with E-state index in [1.807, 2.05) is 60.7 Å². The first-order valence-corrected chi connectivity index (χ1v) is 11.0. The summed E-state index contributed by atoms with van der Waals surface area (Å²) in [4.78, 5) is 0. The van der Waals surface area contributed by atoms with Crippen LogP contribution in [0.25, 0.3) is 0 Å². The SMILES string of the molecule is C=CCc1ccccc1OCC(O)CNCCNCC(O)COc1ccccc1CC=C. The summed E-state index contributed by atoms with van der Waals surface area (Å²) in [5.74, 6) is 1.55. The Balaban J connectivity index is 1.54. The Morgan fingerprint density at radius 1 is 0.719 bits per heavy atom. The van der Waals surface area contributed by atoms with Gasteiger partial charge >= 0.3 is 0 Å². The van der Waals surface area contributed by atoms with E-state index in [-0.39, 0.29) is 13.2 Å². The molecule has 0 spiro atoms.